The van der Waals surface area contributed by atoms with Gasteiger partial charge in [0.2, 0.25) is 5.91 Å². The number of hydrogen-bond acceptors (Lipinski definition) is 5. The first-order valence-electron chi connectivity index (χ1n) is 7.05. The maximum Gasteiger partial charge on any atom is 1.00 e. The number of aliphatic hydroxyl groups is 1. The van der Waals surface area contributed by atoms with Crippen LogP contribution in [0.3, 0.4) is 0 Å². The predicted molar refractivity (Wildman–Crippen MR) is 75.3 cm³/mol. The predicted octanol–water partition coefficient (Wildman–Crippen LogP) is -3.23. The average molecular weight is 325 g/mol. The molecule has 1 fully saturated rings. The third kappa shape index (κ3) is 2.80. The number of β-lactam (4-membered cyclic amide) rings is 1. The van der Waals surface area contributed by atoms with E-state index in [4.69, 9.17) is 4.74 Å². The molecule has 1 saturated heterocycles. The van der Waals surface area contributed by atoms with Crippen LogP contribution >= 0.6 is 0 Å². The number of aliphatic hydroxyl groups excluding tert-OH is 1. The summed E-state index contributed by atoms with van der Waals surface area (Å²) >= 11 is 0. The molecule has 0 saturated carbocycles. The summed E-state index contributed by atoms with van der Waals surface area (Å²) in [4.78, 5) is 24.8. The average Bonchev–Trinajstić information content (AvgIpc) is 2.82. The minimum Gasteiger partial charge on any atom is -0.543 e. The third-order valence-electron chi connectivity index (χ3n) is 4.36. The Bertz CT molecular complexity index is 668. The van der Waals surface area contributed by atoms with Gasteiger partial charge in [0.15, 0.2) is 0 Å². The normalized spacial score (nSPS) is 23.8. The number of methoxy groups -OCH3 is 1. The van der Waals surface area contributed by atoms with Crippen LogP contribution in [0.4, 0.5) is 0 Å². The van der Waals surface area contributed by atoms with Gasteiger partial charge in [0.25, 0.3) is 0 Å². The molecule has 1 aromatic rings. The summed E-state index contributed by atoms with van der Waals surface area (Å²) in [6.07, 6.45) is -0.399. The zero-order chi connectivity index (χ0) is 16.0. The third-order valence-corrected chi connectivity index (χ3v) is 4.36. The van der Waals surface area contributed by atoms with Crippen LogP contribution in [0.1, 0.15) is 18.9 Å². The van der Waals surface area contributed by atoms with E-state index in [9.17, 15) is 19.8 Å². The van der Waals surface area contributed by atoms with Crippen LogP contribution in [-0.2, 0) is 9.59 Å². The first kappa shape index (κ1) is 18.0. The number of carboxylic acids is 1. The van der Waals surface area contributed by atoms with E-state index >= 15 is 0 Å². The molecule has 0 radical (unpaired) electrons. The molecule has 23 heavy (non-hydrogen) atoms. The van der Waals surface area contributed by atoms with Crippen molar-refractivity contribution < 1.29 is 54.1 Å². The van der Waals surface area contributed by atoms with Crippen molar-refractivity contribution >= 4 is 17.4 Å². The number of fused-ring (bicyclic) bond motifs is 1. The van der Waals surface area contributed by atoms with Gasteiger partial charge >= 0.3 is 29.6 Å². The van der Waals surface area contributed by atoms with Gasteiger partial charge in [0.05, 0.1) is 36.8 Å². The Labute approximate surface area is 156 Å². The van der Waals surface area contributed by atoms with Gasteiger partial charge in [-0.3, -0.25) is 4.79 Å². The van der Waals surface area contributed by atoms with E-state index in [0.29, 0.717) is 23.3 Å². The van der Waals surface area contributed by atoms with E-state index in [1.807, 2.05) is 0 Å². The first-order chi connectivity index (χ1) is 10.5. The number of ether oxygens (including phenoxy) is 1. The Balaban J connectivity index is 0.00000192. The van der Waals surface area contributed by atoms with Gasteiger partial charge in [-0.1, -0.05) is 12.1 Å². The molecule has 2 aliphatic heterocycles. The quantitative estimate of drug-likeness (QED) is 0.464. The minimum atomic E-state index is -1.37. The van der Waals surface area contributed by atoms with Crippen molar-refractivity contribution in [2.45, 2.75) is 25.5 Å². The van der Waals surface area contributed by atoms with Crippen molar-refractivity contribution in [1.82, 2.24) is 4.90 Å². The van der Waals surface area contributed by atoms with E-state index in [-0.39, 0.29) is 47.2 Å². The van der Waals surface area contributed by atoms with Crippen LogP contribution in [0.15, 0.2) is 30.0 Å². The van der Waals surface area contributed by atoms with Gasteiger partial charge in [-0.15, -0.1) is 0 Å². The fraction of sp³-hybridized carbons (Fsp3) is 0.375. The number of hydrogen-bond donors (Lipinski definition) is 1. The second-order valence-electron chi connectivity index (χ2n) is 5.59. The van der Waals surface area contributed by atoms with Gasteiger partial charge in [-0.05, 0) is 36.6 Å². The van der Waals surface area contributed by atoms with Crippen LogP contribution in [0.25, 0.3) is 5.57 Å². The molecule has 0 spiro atoms. The van der Waals surface area contributed by atoms with Crippen molar-refractivity contribution in [3.8, 4) is 5.75 Å². The number of carbonyl (C=O) groups excluding carboxylic acids is 2. The molecule has 2 heterocycles. The molecular weight excluding hydrogens is 309 g/mol. The van der Waals surface area contributed by atoms with Gasteiger partial charge < -0.3 is 24.6 Å². The fourth-order valence-corrected chi connectivity index (χ4v) is 3.31. The van der Waals surface area contributed by atoms with Crippen LogP contribution in [0.2, 0.25) is 0 Å². The Morgan fingerprint density at radius 2 is 2.00 bits per heavy atom. The maximum absolute atomic E-state index is 12.1. The van der Waals surface area contributed by atoms with Gasteiger partial charge in [-0.2, -0.15) is 0 Å². The zero-order valence-corrected chi connectivity index (χ0v) is 15.3. The van der Waals surface area contributed by atoms with E-state index in [1.54, 1.807) is 38.3 Å². The number of rotatable bonds is 4. The summed E-state index contributed by atoms with van der Waals surface area (Å²) in [6.45, 7) is 1.55. The van der Waals surface area contributed by atoms with Crippen molar-refractivity contribution in [2.24, 2.45) is 5.92 Å². The second-order valence-corrected chi connectivity index (χ2v) is 5.59. The van der Waals surface area contributed by atoms with Gasteiger partial charge in [-0.25, -0.2) is 0 Å². The molecule has 1 amide bonds. The number of nitrogens with zero attached hydrogens (tertiary/aromatic N) is 1. The Hall–Kier alpha value is -1.34. The molecule has 116 valence electrons. The van der Waals surface area contributed by atoms with Crippen LogP contribution < -0.4 is 39.4 Å². The Morgan fingerprint density at radius 1 is 1.39 bits per heavy atom. The monoisotopic (exact) mass is 325 g/mol. The standard InChI is InChI=1S/C16H17NO5.Na/c1-8(18)13-12-7-11(9-3-5-10(22-2)6-4-9)14(16(20)21)17(12)15(13)19;/h3-6,8,12-13,18H,7H2,1-2H3,(H,20,21);/q;+1/p-1/t8-,12+,13+;/m0./s1. The molecule has 7 heteroatoms. The number of aliphatic carboxylic acids is 1. The molecule has 2 aliphatic rings. The summed E-state index contributed by atoms with van der Waals surface area (Å²) in [7, 11) is 1.55. The Kier molecular flexibility index (Phi) is 5.20. The number of amides is 1. The van der Waals surface area contributed by atoms with Crippen LogP contribution in [0.5, 0.6) is 5.75 Å². The van der Waals surface area contributed by atoms with E-state index < -0.39 is 18.0 Å². The SMILES string of the molecule is COc1ccc(C2=C(C(=O)[O-])N3C(=O)[C@H]([C@H](C)O)[C@H]3C2)cc1.[Na+]. The fourth-order valence-electron chi connectivity index (χ4n) is 3.31. The van der Waals surface area contributed by atoms with E-state index in [0.717, 1.165) is 0 Å². The number of carboxylic acid groups (broad SMARTS) is 1. The van der Waals surface area contributed by atoms with Crippen molar-refractivity contribution in [3.05, 3.63) is 35.5 Å². The maximum atomic E-state index is 12.1. The number of benzene rings is 1. The Morgan fingerprint density at radius 3 is 2.48 bits per heavy atom. The molecule has 3 atom stereocenters. The molecule has 0 aliphatic carbocycles. The van der Waals surface area contributed by atoms with Crippen LogP contribution in [-0.4, -0.2) is 41.1 Å². The van der Waals surface area contributed by atoms with Gasteiger partial charge in [0.1, 0.15) is 5.75 Å². The van der Waals surface area contributed by atoms with Crippen molar-refractivity contribution in [1.29, 1.82) is 0 Å². The molecule has 0 aromatic heterocycles. The summed E-state index contributed by atoms with van der Waals surface area (Å²) in [5.74, 6) is -1.61. The topological polar surface area (TPSA) is 89.9 Å². The van der Waals surface area contributed by atoms with E-state index in [2.05, 4.69) is 0 Å². The first-order valence-corrected chi connectivity index (χ1v) is 7.05. The number of carbonyl (C=O) groups is 2. The molecular formula is C16H16NNaO5. The smallest absolute Gasteiger partial charge is 0.543 e. The molecule has 0 bridgehead atoms. The summed E-state index contributed by atoms with van der Waals surface area (Å²) in [5.41, 5.74) is 1.19. The molecule has 1 aromatic carbocycles. The summed E-state index contributed by atoms with van der Waals surface area (Å²) < 4.78 is 5.08. The summed E-state index contributed by atoms with van der Waals surface area (Å²) in [6, 6.07) is 6.67. The van der Waals surface area contributed by atoms with E-state index in [1.165, 1.54) is 4.90 Å². The molecule has 6 nitrogen and oxygen atoms in total. The largest absolute Gasteiger partial charge is 1.00 e. The molecule has 1 N–H and O–H groups in total. The molecule has 0 unspecified atom stereocenters. The molecule has 3 rings (SSSR count). The van der Waals surface area contributed by atoms with Crippen LogP contribution in [0, 0.1) is 5.92 Å². The van der Waals surface area contributed by atoms with Crippen molar-refractivity contribution in [3.63, 3.8) is 0 Å². The van der Waals surface area contributed by atoms with Gasteiger partial charge in [0, 0.05) is 0 Å². The second kappa shape index (κ2) is 6.65. The minimum absolute atomic E-state index is 0. The van der Waals surface area contributed by atoms with Crippen molar-refractivity contribution in [2.75, 3.05) is 7.11 Å². The zero-order valence-electron chi connectivity index (χ0n) is 13.3. The summed E-state index contributed by atoms with van der Waals surface area (Å²) in [5, 5.41) is 21.2.